The largest absolute Gasteiger partial charge is 0.497 e. The number of amides is 1. The summed E-state index contributed by atoms with van der Waals surface area (Å²) in [5.41, 5.74) is -0.581. The topological polar surface area (TPSA) is 62.7 Å². The van der Waals surface area contributed by atoms with E-state index < -0.39 is 23.4 Å². The van der Waals surface area contributed by atoms with Crippen LogP contribution in [0.15, 0.2) is 42.7 Å². The molecule has 0 spiro atoms. The third-order valence-corrected chi connectivity index (χ3v) is 4.84. The van der Waals surface area contributed by atoms with Crippen molar-refractivity contribution < 1.29 is 19.0 Å². The van der Waals surface area contributed by atoms with Gasteiger partial charge in [0.1, 0.15) is 11.4 Å². The van der Waals surface area contributed by atoms with E-state index in [9.17, 15) is 14.3 Å². The Bertz CT molecular complexity index is 762. The highest BCUT2D eigenvalue weighted by molar-refractivity contribution is 5.94. The minimum absolute atomic E-state index is 0.0209. The van der Waals surface area contributed by atoms with Crippen molar-refractivity contribution in [2.24, 2.45) is 0 Å². The highest BCUT2D eigenvalue weighted by atomic mass is 19.1. The molecule has 1 aliphatic rings. The molecule has 25 heavy (non-hydrogen) atoms. The van der Waals surface area contributed by atoms with Crippen LogP contribution >= 0.6 is 0 Å². The molecule has 1 aromatic heterocycles. The van der Waals surface area contributed by atoms with Gasteiger partial charge in [-0.3, -0.25) is 9.78 Å². The van der Waals surface area contributed by atoms with Crippen LogP contribution < -0.4 is 4.74 Å². The van der Waals surface area contributed by atoms with Gasteiger partial charge in [0.05, 0.1) is 24.9 Å². The van der Waals surface area contributed by atoms with Crippen LogP contribution in [0.25, 0.3) is 0 Å². The Labute approximate surface area is 146 Å². The molecule has 6 heteroatoms. The Kier molecular flexibility index (Phi) is 4.72. The zero-order chi connectivity index (χ0) is 18.0. The van der Waals surface area contributed by atoms with Crippen molar-refractivity contribution in [2.75, 3.05) is 13.7 Å². The molecule has 0 unspecified atom stereocenters. The normalized spacial score (nSPS) is 19.5. The van der Waals surface area contributed by atoms with E-state index in [1.807, 2.05) is 0 Å². The SMILES string of the molecule is COc1ccc([C@@](C)(O)[C@H]2CCCN2C(=O)c2ccncc2F)cc1. The third-order valence-electron chi connectivity index (χ3n) is 4.84. The predicted octanol–water partition coefficient (Wildman–Crippen LogP) is 2.74. The van der Waals surface area contributed by atoms with E-state index in [1.54, 1.807) is 43.2 Å². The van der Waals surface area contributed by atoms with Gasteiger partial charge in [-0.25, -0.2) is 4.39 Å². The van der Waals surface area contributed by atoms with Crippen molar-refractivity contribution in [3.63, 3.8) is 0 Å². The summed E-state index contributed by atoms with van der Waals surface area (Å²) in [6.45, 7) is 2.17. The van der Waals surface area contributed by atoms with Gasteiger partial charge in [0.15, 0.2) is 5.82 Å². The number of hydrogen-bond acceptors (Lipinski definition) is 4. The quantitative estimate of drug-likeness (QED) is 0.926. The van der Waals surface area contributed by atoms with Gasteiger partial charge in [-0.2, -0.15) is 0 Å². The molecular weight excluding hydrogens is 323 g/mol. The van der Waals surface area contributed by atoms with E-state index >= 15 is 0 Å². The van der Waals surface area contributed by atoms with E-state index in [2.05, 4.69) is 4.98 Å². The van der Waals surface area contributed by atoms with Gasteiger partial charge >= 0.3 is 0 Å². The van der Waals surface area contributed by atoms with Gasteiger partial charge in [-0.1, -0.05) is 12.1 Å². The number of carbonyl (C=O) groups is 1. The fourth-order valence-corrected chi connectivity index (χ4v) is 3.42. The molecule has 1 aliphatic heterocycles. The molecule has 1 saturated heterocycles. The van der Waals surface area contributed by atoms with E-state index in [1.165, 1.54) is 12.3 Å². The van der Waals surface area contributed by atoms with Gasteiger partial charge in [-0.15, -0.1) is 0 Å². The zero-order valence-electron chi connectivity index (χ0n) is 14.3. The zero-order valence-corrected chi connectivity index (χ0v) is 14.3. The monoisotopic (exact) mass is 344 g/mol. The number of aromatic nitrogens is 1. The third kappa shape index (κ3) is 3.22. The number of nitrogens with zero attached hydrogens (tertiary/aromatic N) is 2. The number of carbonyl (C=O) groups excluding carboxylic acids is 1. The second-order valence-corrected chi connectivity index (χ2v) is 6.39. The lowest BCUT2D eigenvalue weighted by atomic mass is 9.86. The summed E-state index contributed by atoms with van der Waals surface area (Å²) in [6.07, 6.45) is 3.83. The molecule has 2 aromatic rings. The van der Waals surface area contributed by atoms with Crippen LogP contribution in [0.1, 0.15) is 35.7 Å². The fourth-order valence-electron chi connectivity index (χ4n) is 3.42. The summed E-state index contributed by atoms with van der Waals surface area (Å²) in [5, 5.41) is 11.1. The molecule has 1 N–H and O–H groups in total. The number of likely N-dealkylation sites (tertiary alicyclic amines) is 1. The molecule has 3 rings (SSSR count). The smallest absolute Gasteiger partial charge is 0.257 e. The Morgan fingerprint density at radius 3 is 2.72 bits per heavy atom. The van der Waals surface area contributed by atoms with Crippen molar-refractivity contribution >= 4 is 5.91 Å². The second kappa shape index (κ2) is 6.80. The maximum atomic E-state index is 13.9. The molecular formula is C19H21FN2O3. The molecule has 1 amide bonds. The number of rotatable bonds is 4. The summed E-state index contributed by atoms with van der Waals surface area (Å²) in [5.74, 6) is -0.379. The lowest BCUT2D eigenvalue weighted by molar-refractivity contribution is -0.0178. The number of methoxy groups -OCH3 is 1. The number of ether oxygens (including phenoxy) is 1. The van der Waals surface area contributed by atoms with Gasteiger partial charge in [0, 0.05) is 12.7 Å². The first-order valence-electron chi connectivity index (χ1n) is 8.22. The maximum absolute atomic E-state index is 13.9. The molecule has 132 valence electrons. The summed E-state index contributed by atoms with van der Waals surface area (Å²) in [6, 6.07) is 8.05. The van der Waals surface area contributed by atoms with Crippen LogP contribution in [0, 0.1) is 5.82 Å². The Morgan fingerprint density at radius 2 is 2.08 bits per heavy atom. The van der Waals surface area contributed by atoms with E-state index in [0.717, 1.165) is 12.6 Å². The molecule has 1 fully saturated rings. The Hall–Kier alpha value is -2.47. The van der Waals surface area contributed by atoms with Crippen molar-refractivity contribution in [1.29, 1.82) is 0 Å². The first-order chi connectivity index (χ1) is 11.9. The lowest BCUT2D eigenvalue weighted by Gasteiger charge is -2.37. The van der Waals surface area contributed by atoms with E-state index in [0.29, 0.717) is 24.3 Å². The van der Waals surface area contributed by atoms with Crippen molar-refractivity contribution in [3.8, 4) is 5.75 Å². The van der Waals surface area contributed by atoms with Crippen molar-refractivity contribution in [2.45, 2.75) is 31.4 Å². The highest BCUT2D eigenvalue weighted by Gasteiger charge is 2.43. The fraction of sp³-hybridized carbons (Fsp3) is 0.368. The predicted molar refractivity (Wildman–Crippen MR) is 90.8 cm³/mol. The average molecular weight is 344 g/mol. The van der Waals surface area contributed by atoms with Crippen LogP contribution in [-0.4, -0.2) is 40.6 Å². The van der Waals surface area contributed by atoms with Crippen LogP contribution in [0.3, 0.4) is 0 Å². The van der Waals surface area contributed by atoms with Crippen LogP contribution in [0.4, 0.5) is 4.39 Å². The molecule has 0 aliphatic carbocycles. The van der Waals surface area contributed by atoms with Crippen LogP contribution in [0.2, 0.25) is 0 Å². The first kappa shape index (κ1) is 17.4. The molecule has 0 saturated carbocycles. The second-order valence-electron chi connectivity index (χ2n) is 6.39. The van der Waals surface area contributed by atoms with Gasteiger partial charge in [-0.05, 0) is 43.5 Å². The number of pyridine rings is 1. The molecule has 2 heterocycles. The standard InChI is InChI=1S/C19H21FN2O3/c1-19(24,13-5-7-14(25-2)8-6-13)17-4-3-11-22(17)18(23)15-9-10-21-12-16(15)20/h5-10,12,17,24H,3-4,11H2,1-2H3/t17-,19-/m1/s1. The summed E-state index contributed by atoms with van der Waals surface area (Å²) >= 11 is 0. The first-order valence-corrected chi connectivity index (χ1v) is 8.22. The molecule has 5 nitrogen and oxygen atoms in total. The minimum Gasteiger partial charge on any atom is -0.497 e. The van der Waals surface area contributed by atoms with E-state index in [4.69, 9.17) is 4.74 Å². The summed E-state index contributed by atoms with van der Waals surface area (Å²) in [7, 11) is 1.58. The van der Waals surface area contributed by atoms with Gasteiger partial charge in [0.2, 0.25) is 0 Å². The average Bonchev–Trinajstić information content (AvgIpc) is 3.12. The summed E-state index contributed by atoms with van der Waals surface area (Å²) in [4.78, 5) is 18.0. The molecule has 1 aromatic carbocycles. The molecule has 2 atom stereocenters. The number of benzene rings is 1. The summed E-state index contributed by atoms with van der Waals surface area (Å²) < 4.78 is 19.1. The van der Waals surface area contributed by atoms with E-state index in [-0.39, 0.29) is 5.56 Å². The van der Waals surface area contributed by atoms with Gasteiger partial charge in [0.25, 0.3) is 5.91 Å². The van der Waals surface area contributed by atoms with Crippen LogP contribution in [-0.2, 0) is 5.60 Å². The van der Waals surface area contributed by atoms with Crippen LogP contribution in [0.5, 0.6) is 5.75 Å². The Balaban J connectivity index is 1.89. The number of halogens is 1. The highest BCUT2D eigenvalue weighted by Crippen LogP contribution is 2.36. The molecule has 0 bridgehead atoms. The lowest BCUT2D eigenvalue weighted by Crippen LogP contribution is -2.48. The van der Waals surface area contributed by atoms with Gasteiger partial charge < -0.3 is 14.7 Å². The van der Waals surface area contributed by atoms with Crippen molar-refractivity contribution in [3.05, 3.63) is 59.7 Å². The van der Waals surface area contributed by atoms with Crippen molar-refractivity contribution in [1.82, 2.24) is 9.88 Å². The maximum Gasteiger partial charge on any atom is 0.257 e. The number of hydrogen-bond donors (Lipinski definition) is 1. The number of aliphatic hydroxyl groups is 1. The molecule has 0 radical (unpaired) electrons. The Morgan fingerprint density at radius 1 is 1.36 bits per heavy atom. The minimum atomic E-state index is -1.25.